The van der Waals surface area contributed by atoms with Crippen molar-refractivity contribution in [1.29, 1.82) is 0 Å². The Morgan fingerprint density at radius 2 is 2.00 bits per heavy atom. The minimum Gasteiger partial charge on any atom is -0.469 e. The summed E-state index contributed by atoms with van der Waals surface area (Å²) in [5, 5.41) is 0. The fraction of sp³-hybridized carbons (Fsp3) is 0.875. The quantitative estimate of drug-likeness (QED) is 0.689. The standard InChI is InChI=1S/C8H17NO2.ClH/c1-6(7(2)9)4-5-8(10)11-3;/h6-7H,4-5,9H2,1-3H3;1H. The van der Waals surface area contributed by atoms with E-state index in [-0.39, 0.29) is 24.4 Å². The van der Waals surface area contributed by atoms with Gasteiger partial charge in [0.15, 0.2) is 0 Å². The lowest BCUT2D eigenvalue weighted by Gasteiger charge is -2.13. The lowest BCUT2D eigenvalue weighted by Crippen LogP contribution is -2.24. The van der Waals surface area contributed by atoms with Crippen molar-refractivity contribution in [2.24, 2.45) is 11.7 Å². The van der Waals surface area contributed by atoms with Gasteiger partial charge in [0.05, 0.1) is 7.11 Å². The highest BCUT2D eigenvalue weighted by Gasteiger charge is 2.09. The first-order valence-corrected chi connectivity index (χ1v) is 3.90. The monoisotopic (exact) mass is 195 g/mol. The number of carbonyl (C=O) groups excluding carboxylic acids is 1. The van der Waals surface area contributed by atoms with Gasteiger partial charge in [-0.25, -0.2) is 0 Å². The van der Waals surface area contributed by atoms with Crippen LogP contribution in [0.25, 0.3) is 0 Å². The van der Waals surface area contributed by atoms with E-state index in [0.717, 1.165) is 6.42 Å². The van der Waals surface area contributed by atoms with Gasteiger partial charge in [0.2, 0.25) is 0 Å². The number of methoxy groups -OCH3 is 1. The fourth-order valence-corrected chi connectivity index (χ4v) is 0.710. The van der Waals surface area contributed by atoms with E-state index in [1.807, 2.05) is 13.8 Å². The van der Waals surface area contributed by atoms with Crippen LogP contribution in [-0.2, 0) is 9.53 Å². The lowest BCUT2D eigenvalue weighted by atomic mass is 9.99. The molecule has 0 spiro atoms. The van der Waals surface area contributed by atoms with Gasteiger partial charge < -0.3 is 10.5 Å². The normalized spacial score (nSPS) is 14.3. The van der Waals surface area contributed by atoms with E-state index in [9.17, 15) is 4.79 Å². The van der Waals surface area contributed by atoms with E-state index in [1.54, 1.807) is 0 Å². The van der Waals surface area contributed by atoms with E-state index in [2.05, 4.69) is 4.74 Å². The molecule has 0 aliphatic carbocycles. The number of halogens is 1. The summed E-state index contributed by atoms with van der Waals surface area (Å²) in [6.07, 6.45) is 1.28. The molecule has 74 valence electrons. The molecule has 2 atom stereocenters. The maximum absolute atomic E-state index is 10.7. The van der Waals surface area contributed by atoms with Crippen LogP contribution < -0.4 is 5.73 Å². The predicted octanol–water partition coefficient (Wildman–Crippen LogP) is 1.34. The highest BCUT2D eigenvalue weighted by atomic mass is 35.5. The van der Waals surface area contributed by atoms with Crippen LogP contribution in [0.15, 0.2) is 0 Å². The molecule has 12 heavy (non-hydrogen) atoms. The Hall–Kier alpha value is -0.280. The Morgan fingerprint density at radius 1 is 1.50 bits per heavy atom. The summed E-state index contributed by atoms with van der Waals surface area (Å²) in [7, 11) is 1.40. The molecule has 0 aliphatic heterocycles. The van der Waals surface area contributed by atoms with Gasteiger partial charge in [0, 0.05) is 12.5 Å². The number of rotatable bonds is 4. The van der Waals surface area contributed by atoms with E-state index in [0.29, 0.717) is 12.3 Å². The number of hydrogen-bond acceptors (Lipinski definition) is 3. The molecule has 0 saturated heterocycles. The van der Waals surface area contributed by atoms with Crippen molar-refractivity contribution in [3.8, 4) is 0 Å². The van der Waals surface area contributed by atoms with Crippen molar-refractivity contribution in [1.82, 2.24) is 0 Å². The first kappa shape index (κ1) is 14.3. The third-order valence-electron chi connectivity index (χ3n) is 1.93. The maximum atomic E-state index is 10.7. The first-order valence-electron chi connectivity index (χ1n) is 3.90. The van der Waals surface area contributed by atoms with Crippen molar-refractivity contribution in [2.75, 3.05) is 7.11 Å². The average Bonchev–Trinajstić information content (AvgIpc) is 1.99. The third-order valence-corrected chi connectivity index (χ3v) is 1.93. The molecule has 4 heteroatoms. The molecule has 0 amide bonds. The van der Waals surface area contributed by atoms with Gasteiger partial charge in [-0.1, -0.05) is 6.92 Å². The summed E-state index contributed by atoms with van der Waals surface area (Å²) in [4.78, 5) is 10.7. The zero-order valence-electron chi connectivity index (χ0n) is 7.87. The molecule has 0 aliphatic rings. The lowest BCUT2D eigenvalue weighted by molar-refractivity contribution is -0.140. The molecule has 0 saturated carbocycles. The SMILES string of the molecule is COC(=O)CCC(C)C(C)N.Cl. The second-order valence-electron chi connectivity index (χ2n) is 2.95. The van der Waals surface area contributed by atoms with Gasteiger partial charge in [0.25, 0.3) is 0 Å². The summed E-state index contributed by atoms with van der Waals surface area (Å²) in [6, 6.07) is 0.152. The van der Waals surface area contributed by atoms with Crippen molar-refractivity contribution in [2.45, 2.75) is 32.7 Å². The maximum Gasteiger partial charge on any atom is 0.305 e. The van der Waals surface area contributed by atoms with Crippen LogP contribution in [0.1, 0.15) is 26.7 Å². The molecule has 0 aromatic rings. The summed E-state index contributed by atoms with van der Waals surface area (Å²) in [6.45, 7) is 3.98. The number of esters is 1. The van der Waals surface area contributed by atoms with Crippen LogP contribution in [-0.4, -0.2) is 19.1 Å². The molecule has 0 heterocycles. The van der Waals surface area contributed by atoms with Crippen LogP contribution in [0.5, 0.6) is 0 Å². The molecular formula is C8H18ClNO2. The minimum absolute atomic E-state index is 0. The van der Waals surface area contributed by atoms with Gasteiger partial charge in [-0.3, -0.25) is 4.79 Å². The first-order chi connectivity index (χ1) is 5.07. The number of carbonyl (C=O) groups is 1. The van der Waals surface area contributed by atoms with Crippen LogP contribution in [0, 0.1) is 5.92 Å². The van der Waals surface area contributed by atoms with E-state index < -0.39 is 0 Å². The Labute approximate surface area is 80.1 Å². The Kier molecular flexibility index (Phi) is 8.76. The summed E-state index contributed by atoms with van der Waals surface area (Å²) >= 11 is 0. The van der Waals surface area contributed by atoms with Crippen LogP contribution >= 0.6 is 12.4 Å². The fourth-order valence-electron chi connectivity index (χ4n) is 0.710. The zero-order chi connectivity index (χ0) is 8.85. The zero-order valence-corrected chi connectivity index (χ0v) is 8.69. The number of hydrogen-bond donors (Lipinski definition) is 1. The second kappa shape index (κ2) is 7.37. The van der Waals surface area contributed by atoms with Crippen molar-refractivity contribution in [3.63, 3.8) is 0 Å². The van der Waals surface area contributed by atoms with Crippen molar-refractivity contribution >= 4 is 18.4 Å². The minimum atomic E-state index is -0.155. The van der Waals surface area contributed by atoms with E-state index in [4.69, 9.17) is 5.73 Å². The molecule has 2 unspecified atom stereocenters. The summed E-state index contributed by atoms with van der Waals surface area (Å²) in [5.74, 6) is 0.228. The van der Waals surface area contributed by atoms with E-state index >= 15 is 0 Å². The summed E-state index contributed by atoms with van der Waals surface area (Å²) in [5.41, 5.74) is 5.61. The molecule has 0 fully saturated rings. The van der Waals surface area contributed by atoms with Gasteiger partial charge in [-0.15, -0.1) is 12.4 Å². The summed E-state index contributed by atoms with van der Waals surface area (Å²) < 4.78 is 4.50. The van der Waals surface area contributed by atoms with Gasteiger partial charge in [-0.05, 0) is 19.3 Å². The topological polar surface area (TPSA) is 52.3 Å². The molecule has 3 nitrogen and oxygen atoms in total. The van der Waals surface area contributed by atoms with Gasteiger partial charge in [-0.2, -0.15) is 0 Å². The second-order valence-corrected chi connectivity index (χ2v) is 2.95. The molecule has 0 radical (unpaired) electrons. The highest BCUT2D eigenvalue weighted by Crippen LogP contribution is 2.08. The van der Waals surface area contributed by atoms with Crippen LogP contribution in [0.2, 0.25) is 0 Å². The van der Waals surface area contributed by atoms with Crippen LogP contribution in [0.4, 0.5) is 0 Å². The highest BCUT2D eigenvalue weighted by molar-refractivity contribution is 5.85. The molecule has 0 rings (SSSR count). The molecule has 0 aromatic heterocycles. The van der Waals surface area contributed by atoms with Gasteiger partial charge >= 0.3 is 5.97 Å². The molecule has 0 bridgehead atoms. The smallest absolute Gasteiger partial charge is 0.305 e. The van der Waals surface area contributed by atoms with E-state index in [1.165, 1.54) is 7.11 Å². The molecule has 2 N–H and O–H groups in total. The Bertz CT molecular complexity index is 128. The Morgan fingerprint density at radius 3 is 2.33 bits per heavy atom. The van der Waals surface area contributed by atoms with Crippen molar-refractivity contribution < 1.29 is 9.53 Å². The average molecular weight is 196 g/mol. The molecule has 0 aromatic carbocycles. The van der Waals surface area contributed by atoms with Gasteiger partial charge in [0.1, 0.15) is 0 Å². The Balaban J connectivity index is 0. The predicted molar refractivity (Wildman–Crippen MR) is 51.3 cm³/mol. The third kappa shape index (κ3) is 6.43. The van der Waals surface area contributed by atoms with Crippen LogP contribution in [0.3, 0.4) is 0 Å². The van der Waals surface area contributed by atoms with Crippen molar-refractivity contribution in [3.05, 3.63) is 0 Å². The number of ether oxygens (including phenoxy) is 1. The molecular weight excluding hydrogens is 178 g/mol. The number of nitrogens with two attached hydrogens (primary N) is 1. The largest absolute Gasteiger partial charge is 0.469 e.